The number of nitrogens with one attached hydrogen (secondary N) is 1. The molecule has 3 heteroatoms. The van der Waals surface area contributed by atoms with Crippen LogP contribution in [-0.4, -0.2) is 4.98 Å². The normalized spacial score (nSPS) is 8.89. The van der Waals surface area contributed by atoms with Crippen LogP contribution < -0.4 is 5.11 Å². The Morgan fingerprint density at radius 3 is 3.11 bits per heavy atom. The smallest absolute Gasteiger partial charge is 0.156 e. The SMILES string of the molecule is [N-]=[NH+]Cc1cccnc1. The highest BCUT2D eigenvalue weighted by molar-refractivity contribution is 5.05. The van der Waals surface area contributed by atoms with Crippen molar-refractivity contribution in [1.82, 2.24) is 4.98 Å². The molecule has 0 fully saturated rings. The number of nitrogens with zero attached hydrogens (tertiary/aromatic N) is 2. The van der Waals surface area contributed by atoms with Crippen LogP contribution in [0.4, 0.5) is 0 Å². The Labute approximate surface area is 53.3 Å². The standard InChI is InChI=1S/C6H7N3/c7-9-5-6-2-1-3-8-4-6/h1-4,9H,5H2. The number of rotatable bonds is 2. The molecular formula is C6H7N3. The van der Waals surface area contributed by atoms with Crippen LogP contribution in [0.5, 0.6) is 0 Å². The van der Waals surface area contributed by atoms with E-state index in [-0.39, 0.29) is 0 Å². The molecule has 0 aliphatic carbocycles. The van der Waals surface area contributed by atoms with Gasteiger partial charge < -0.3 is 10.6 Å². The van der Waals surface area contributed by atoms with E-state index in [1.807, 2.05) is 17.2 Å². The van der Waals surface area contributed by atoms with Crippen molar-refractivity contribution in [3.8, 4) is 0 Å². The van der Waals surface area contributed by atoms with Gasteiger partial charge in [0.1, 0.15) is 0 Å². The zero-order valence-corrected chi connectivity index (χ0v) is 4.91. The van der Waals surface area contributed by atoms with Gasteiger partial charge in [0.25, 0.3) is 0 Å². The first kappa shape index (κ1) is 5.88. The summed E-state index contributed by atoms with van der Waals surface area (Å²) in [6.45, 7) is 0.452. The van der Waals surface area contributed by atoms with E-state index in [9.17, 15) is 0 Å². The van der Waals surface area contributed by atoms with E-state index in [1.165, 1.54) is 0 Å². The van der Waals surface area contributed by atoms with Crippen LogP contribution >= 0.6 is 0 Å². The van der Waals surface area contributed by atoms with Crippen LogP contribution in [0.2, 0.25) is 0 Å². The maximum absolute atomic E-state index is 8.24. The van der Waals surface area contributed by atoms with Crippen LogP contribution in [0, 0.1) is 0 Å². The van der Waals surface area contributed by atoms with Gasteiger partial charge in [-0.05, 0) is 12.1 Å². The first-order valence-electron chi connectivity index (χ1n) is 2.69. The first-order valence-corrected chi connectivity index (χ1v) is 2.69. The minimum atomic E-state index is 0.452. The van der Waals surface area contributed by atoms with Gasteiger partial charge in [0, 0.05) is 18.0 Å². The fourth-order valence-electron chi connectivity index (χ4n) is 0.594. The Kier molecular flexibility index (Phi) is 1.90. The average molecular weight is 121 g/mol. The Balaban J connectivity index is 2.72. The summed E-state index contributed by atoms with van der Waals surface area (Å²) in [6, 6.07) is 3.71. The summed E-state index contributed by atoms with van der Waals surface area (Å²) in [5, 5.41) is 2.04. The second-order valence-corrected chi connectivity index (χ2v) is 1.70. The lowest BCUT2D eigenvalue weighted by atomic mass is 10.3. The van der Waals surface area contributed by atoms with Gasteiger partial charge in [-0.25, -0.2) is 0 Å². The van der Waals surface area contributed by atoms with Gasteiger partial charge in [0.05, 0.1) is 0 Å². The molecule has 1 N–H and O–H groups in total. The lowest BCUT2D eigenvalue weighted by Crippen LogP contribution is -2.60. The van der Waals surface area contributed by atoms with Crippen molar-refractivity contribution >= 4 is 0 Å². The topological polar surface area (TPSA) is 49.2 Å². The van der Waals surface area contributed by atoms with Crippen LogP contribution in [0.3, 0.4) is 0 Å². The fourth-order valence-corrected chi connectivity index (χ4v) is 0.594. The summed E-state index contributed by atoms with van der Waals surface area (Å²) in [5.74, 6) is 0. The molecular weight excluding hydrogens is 114 g/mol. The van der Waals surface area contributed by atoms with Gasteiger partial charge in [-0.3, -0.25) is 4.98 Å². The summed E-state index contributed by atoms with van der Waals surface area (Å²) < 4.78 is 0. The molecule has 0 aliphatic rings. The van der Waals surface area contributed by atoms with E-state index in [4.69, 9.17) is 5.53 Å². The summed E-state index contributed by atoms with van der Waals surface area (Å²) in [5.41, 5.74) is 9.21. The maximum Gasteiger partial charge on any atom is 0.156 e. The minimum Gasteiger partial charge on any atom is -0.508 e. The lowest BCUT2D eigenvalue weighted by molar-refractivity contribution is -0.498. The van der Waals surface area contributed by atoms with E-state index in [0.717, 1.165) is 5.56 Å². The zero-order valence-electron chi connectivity index (χ0n) is 4.91. The Bertz CT molecular complexity index is 183. The van der Waals surface area contributed by atoms with Gasteiger partial charge >= 0.3 is 0 Å². The van der Waals surface area contributed by atoms with Crippen molar-refractivity contribution in [2.45, 2.75) is 6.54 Å². The monoisotopic (exact) mass is 121 g/mol. The van der Waals surface area contributed by atoms with E-state index in [2.05, 4.69) is 4.98 Å². The summed E-state index contributed by atoms with van der Waals surface area (Å²) in [6.07, 6.45) is 3.39. The summed E-state index contributed by atoms with van der Waals surface area (Å²) in [4.78, 5) is 3.85. The Morgan fingerprint density at radius 2 is 2.56 bits per heavy atom. The van der Waals surface area contributed by atoms with Crippen molar-refractivity contribution in [2.75, 3.05) is 0 Å². The van der Waals surface area contributed by atoms with E-state index >= 15 is 0 Å². The third-order valence-corrected chi connectivity index (χ3v) is 1.01. The number of aromatic nitrogens is 1. The predicted molar refractivity (Wildman–Crippen MR) is 32.3 cm³/mol. The molecule has 1 aromatic rings. The van der Waals surface area contributed by atoms with Crippen molar-refractivity contribution in [2.24, 2.45) is 0 Å². The quantitative estimate of drug-likeness (QED) is 0.536. The lowest BCUT2D eigenvalue weighted by Gasteiger charge is -1.88. The molecule has 0 bridgehead atoms. The first-order chi connectivity index (χ1) is 4.43. The third-order valence-electron chi connectivity index (χ3n) is 1.01. The van der Waals surface area contributed by atoms with Crippen LogP contribution in [0.1, 0.15) is 5.56 Å². The van der Waals surface area contributed by atoms with E-state index in [0.29, 0.717) is 6.54 Å². The molecule has 1 aromatic heterocycles. The number of hydrogen-bond acceptors (Lipinski definition) is 1. The molecule has 46 valence electrons. The van der Waals surface area contributed by atoms with E-state index in [1.54, 1.807) is 12.4 Å². The summed E-state index contributed by atoms with van der Waals surface area (Å²) >= 11 is 0. The highest BCUT2D eigenvalue weighted by Gasteiger charge is 1.86. The van der Waals surface area contributed by atoms with Gasteiger partial charge in [-0.2, -0.15) is 0 Å². The molecule has 1 rings (SSSR count). The number of hydrogen-bond donors (Lipinski definition) is 1. The van der Waals surface area contributed by atoms with Crippen LogP contribution in [-0.2, 0) is 6.54 Å². The molecule has 0 unspecified atom stereocenters. The molecule has 1 heterocycles. The van der Waals surface area contributed by atoms with Gasteiger partial charge in [-0.15, -0.1) is 0 Å². The van der Waals surface area contributed by atoms with Crippen molar-refractivity contribution < 1.29 is 5.11 Å². The number of pyridine rings is 1. The highest BCUT2D eigenvalue weighted by Crippen LogP contribution is 1.89. The van der Waals surface area contributed by atoms with E-state index < -0.39 is 0 Å². The summed E-state index contributed by atoms with van der Waals surface area (Å²) in [7, 11) is 0. The zero-order chi connectivity index (χ0) is 6.53. The molecule has 0 amide bonds. The van der Waals surface area contributed by atoms with Crippen molar-refractivity contribution in [3.63, 3.8) is 0 Å². The van der Waals surface area contributed by atoms with Crippen molar-refractivity contribution in [3.05, 3.63) is 35.6 Å². The minimum absolute atomic E-state index is 0.452. The fraction of sp³-hybridized carbons (Fsp3) is 0.167. The molecule has 0 saturated carbocycles. The molecule has 3 nitrogen and oxygen atoms in total. The molecule has 0 saturated heterocycles. The van der Waals surface area contributed by atoms with Crippen molar-refractivity contribution in [1.29, 1.82) is 0 Å². The molecule has 0 atom stereocenters. The second-order valence-electron chi connectivity index (χ2n) is 1.70. The molecule has 9 heavy (non-hydrogen) atoms. The Hall–Kier alpha value is -1.25. The maximum atomic E-state index is 8.24. The molecule has 0 radical (unpaired) electrons. The van der Waals surface area contributed by atoms with Gasteiger partial charge in [0.15, 0.2) is 6.54 Å². The molecule has 0 aromatic carbocycles. The van der Waals surface area contributed by atoms with Gasteiger partial charge in [-0.1, -0.05) is 0 Å². The molecule has 0 spiro atoms. The largest absolute Gasteiger partial charge is 0.508 e. The third kappa shape index (κ3) is 1.60. The second kappa shape index (κ2) is 2.91. The van der Waals surface area contributed by atoms with Gasteiger partial charge in [0.2, 0.25) is 0 Å². The average Bonchev–Trinajstić information content (AvgIpc) is 1.91. The molecule has 0 aliphatic heterocycles. The van der Waals surface area contributed by atoms with Crippen LogP contribution in [0.25, 0.3) is 5.53 Å². The highest BCUT2D eigenvalue weighted by atomic mass is 14.9. The predicted octanol–water partition coefficient (Wildman–Crippen LogP) is -0.316. The Morgan fingerprint density at radius 1 is 1.67 bits per heavy atom. The van der Waals surface area contributed by atoms with Crippen LogP contribution in [0.15, 0.2) is 24.5 Å².